The van der Waals surface area contributed by atoms with Crippen LogP contribution in [0.3, 0.4) is 0 Å². The van der Waals surface area contributed by atoms with E-state index in [9.17, 15) is 9.59 Å². The second-order valence-corrected chi connectivity index (χ2v) is 8.08. The number of carbonyl (C=O) groups is 2. The first-order chi connectivity index (χ1) is 13.2. The number of thioether (sulfide) groups is 1. The zero-order valence-electron chi connectivity index (χ0n) is 14.4. The molecule has 1 aromatic carbocycles. The van der Waals surface area contributed by atoms with Gasteiger partial charge in [0.1, 0.15) is 0 Å². The van der Waals surface area contributed by atoms with E-state index in [-0.39, 0.29) is 17.4 Å². The van der Waals surface area contributed by atoms with Crippen LogP contribution in [0, 0.1) is 0 Å². The van der Waals surface area contributed by atoms with Crippen molar-refractivity contribution < 1.29 is 9.59 Å². The van der Waals surface area contributed by atoms with Gasteiger partial charge < -0.3 is 4.90 Å². The van der Waals surface area contributed by atoms with E-state index in [4.69, 9.17) is 0 Å². The molecule has 9 heteroatoms. The number of rotatable bonds is 7. The number of hydrogen-bond acceptors (Lipinski definition) is 7. The highest BCUT2D eigenvalue weighted by Crippen LogP contribution is 2.24. The molecule has 0 spiro atoms. The molecular weight excluding hydrogens is 382 g/mol. The summed E-state index contributed by atoms with van der Waals surface area (Å²) >= 11 is 2.96. The van der Waals surface area contributed by atoms with Gasteiger partial charge >= 0.3 is 0 Å². The number of nitrogens with zero attached hydrogens (tertiary/aromatic N) is 5. The molecular formula is C18H17N5O2S2. The van der Waals surface area contributed by atoms with Crippen molar-refractivity contribution in [3.8, 4) is 0 Å². The molecule has 2 aromatic heterocycles. The Hall–Kier alpha value is -2.52. The molecule has 1 saturated heterocycles. The van der Waals surface area contributed by atoms with Gasteiger partial charge in [-0.1, -0.05) is 30.0 Å². The molecule has 0 atom stereocenters. The fraction of sp³-hybridized carbons (Fsp3) is 0.278. The van der Waals surface area contributed by atoms with E-state index in [0.29, 0.717) is 30.2 Å². The van der Waals surface area contributed by atoms with E-state index < -0.39 is 0 Å². The van der Waals surface area contributed by atoms with E-state index >= 15 is 0 Å². The highest BCUT2D eigenvalue weighted by molar-refractivity contribution is 7.99. The number of anilines is 1. The minimum Gasteiger partial charge on any atom is -0.312 e. The van der Waals surface area contributed by atoms with Crippen LogP contribution in [-0.2, 0) is 11.3 Å². The molecule has 0 unspecified atom stereocenters. The van der Waals surface area contributed by atoms with E-state index in [1.54, 1.807) is 33.1 Å². The highest BCUT2D eigenvalue weighted by Gasteiger charge is 2.22. The van der Waals surface area contributed by atoms with Gasteiger partial charge in [-0.05, 0) is 40.4 Å². The second kappa shape index (κ2) is 8.01. The molecule has 3 heterocycles. The van der Waals surface area contributed by atoms with Crippen molar-refractivity contribution in [1.82, 2.24) is 20.2 Å². The van der Waals surface area contributed by atoms with Gasteiger partial charge in [0, 0.05) is 29.1 Å². The van der Waals surface area contributed by atoms with Gasteiger partial charge in [-0.15, -0.1) is 16.4 Å². The van der Waals surface area contributed by atoms with Gasteiger partial charge in [0.25, 0.3) is 0 Å². The summed E-state index contributed by atoms with van der Waals surface area (Å²) in [5, 5.41) is 14.4. The third-order valence-electron chi connectivity index (χ3n) is 4.27. The number of benzene rings is 1. The Kier molecular flexibility index (Phi) is 5.30. The highest BCUT2D eigenvalue weighted by atomic mass is 32.2. The number of amides is 1. The lowest BCUT2D eigenvalue weighted by Gasteiger charge is -2.16. The zero-order valence-corrected chi connectivity index (χ0v) is 16.1. The van der Waals surface area contributed by atoms with Crippen molar-refractivity contribution in [3.63, 3.8) is 0 Å². The Morgan fingerprint density at radius 1 is 1.26 bits per heavy atom. The SMILES string of the molecule is O=C(CSc1nnnn1Cc1cccs1)c1cccc(N2CCCC2=O)c1. The minimum absolute atomic E-state index is 0.0147. The maximum absolute atomic E-state index is 12.6. The zero-order chi connectivity index (χ0) is 18.6. The third kappa shape index (κ3) is 4.09. The van der Waals surface area contributed by atoms with Crippen LogP contribution in [0.4, 0.5) is 5.69 Å². The van der Waals surface area contributed by atoms with E-state index in [1.165, 1.54) is 11.8 Å². The van der Waals surface area contributed by atoms with Crippen LogP contribution >= 0.6 is 23.1 Å². The van der Waals surface area contributed by atoms with Gasteiger partial charge in [-0.3, -0.25) is 9.59 Å². The molecule has 27 heavy (non-hydrogen) atoms. The van der Waals surface area contributed by atoms with E-state index in [1.807, 2.05) is 29.6 Å². The first-order valence-electron chi connectivity index (χ1n) is 8.56. The first kappa shape index (κ1) is 17.9. The maximum Gasteiger partial charge on any atom is 0.227 e. The Balaban J connectivity index is 1.42. The summed E-state index contributed by atoms with van der Waals surface area (Å²) in [5.74, 6) is 0.336. The summed E-state index contributed by atoms with van der Waals surface area (Å²) in [5.41, 5.74) is 1.38. The molecule has 1 fully saturated rings. The molecule has 4 rings (SSSR count). The molecule has 1 aliphatic rings. The first-order valence-corrected chi connectivity index (χ1v) is 10.4. The molecule has 7 nitrogen and oxygen atoms in total. The average molecular weight is 400 g/mol. The Morgan fingerprint density at radius 3 is 2.96 bits per heavy atom. The third-order valence-corrected chi connectivity index (χ3v) is 6.09. The number of carbonyl (C=O) groups excluding carboxylic acids is 2. The normalized spacial score (nSPS) is 14.1. The second-order valence-electron chi connectivity index (χ2n) is 6.11. The van der Waals surface area contributed by atoms with Crippen molar-refractivity contribution >= 4 is 40.5 Å². The van der Waals surface area contributed by atoms with Gasteiger partial charge in [0.05, 0.1) is 12.3 Å². The number of Topliss-reactive ketones (excluding diaryl/α,β-unsaturated/α-hetero) is 1. The Bertz CT molecular complexity index is 954. The molecule has 138 valence electrons. The molecule has 0 radical (unpaired) electrons. The van der Waals surface area contributed by atoms with Crippen molar-refractivity contribution in [2.24, 2.45) is 0 Å². The van der Waals surface area contributed by atoms with Crippen molar-refractivity contribution in [1.29, 1.82) is 0 Å². The van der Waals surface area contributed by atoms with Crippen molar-refractivity contribution in [3.05, 3.63) is 52.2 Å². The molecule has 3 aromatic rings. The van der Waals surface area contributed by atoms with Crippen LogP contribution < -0.4 is 4.90 Å². The number of hydrogen-bond donors (Lipinski definition) is 0. The summed E-state index contributed by atoms with van der Waals surface area (Å²) in [6.07, 6.45) is 1.43. The predicted molar refractivity (Wildman–Crippen MR) is 104 cm³/mol. The summed E-state index contributed by atoms with van der Waals surface area (Å²) in [6.45, 7) is 1.30. The topological polar surface area (TPSA) is 81.0 Å². The number of ketones is 1. The summed E-state index contributed by atoms with van der Waals surface area (Å²) in [7, 11) is 0. The predicted octanol–water partition coefficient (Wildman–Crippen LogP) is 2.88. The summed E-state index contributed by atoms with van der Waals surface area (Å²) < 4.78 is 1.70. The number of aromatic nitrogens is 4. The van der Waals surface area contributed by atoms with Gasteiger partial charge in [-0.25, -0.2) is 4.68 Å². The molecule has 1 amide bonds. The molecule has 0 bridgehead atoms. The van der Waals surface area contributed by atoms with Crippen LogP contribution in [0.1, 0.15) is 28.1 Å². The van der Waals surface area contributed by atoms with Crippen molar-refractivity contribution in [2.45, 2.75) is 24.5 Å². The Labute approximate surface area is 164 Å². The summed E-state index contributed by atoms with van der Waals surface area (Å²) in [6, 6.07) is 11.3. The fourth-order valence-corrected chi connectivity index (χ4v) is 4.39. The molecule has 0 saturated carbocycles. The van der Waals surface area contributed by atoms with Gasteiger partial charge in [0.2, 0.25) is 11.1 Å². The lowest BCUT2D eigenvalue weighted by atomic mass is 10.1. The quantitative estimate of drug-likeness (QED) is 0.449. The van der Waals surface area contributed by atoms with Crippen molar-refractivity contribution in [2.75, 3.05) is 17.2 Å². The molecule has 0 aliphatic carbocycles. The average Bonchev–Trinajstić information content (AvgIpc) is 3.43. The van der Waals surface area contributed by atoms with Crippen LogP contribution in [0.15, 0.2) is 46.9 Å². The van der Waals surface area contributed by atoms with Crippen LogP contribution in [0.2, 0.25) is 0 Å². The smallest absolute Gasteiger partial charge is 0.227 e. The van der Waals surface area contributed by atoms with E-state index in [0.717, 1.165) is 17.0 Å². The van der Waals surface area contributed by atoms with Gasteiger partial charge in [-0.2, -0.15) is 0 Å². The molecule has 1 aliphatic heterocycles. The Morgan fingerprint density at radius 2 is 2.19 bits per heavy atom. The lowest BCUT2D eigenvalue weighted by molar-refractivity contribution is -0.117. The maximum atomic E-state index is 12.6. The summed E-state index contributed by atoms with van der Waals surface area (Å²) in [4.78, 5) is 27.4. The number of tetrazole rings is 1. The largest absolute Gasteiger partial charge is 0.312 e. The fourth-order valence-electron chi connectivity index (χ4n) is 2.93. The van der Waals surface area contributed by atoms with Crippen LogP contribution in [0.5, 0.6) is 0 Å². The van der Waals surface area contributed by atoms with E-state index in [2.05, 4.69) is 15.5 Å². The van der Waals surface area contributed by atoms with Crippen LogP contribution in [0.25, 0.3) is 0 Å². The van der Waals surface area contributed by atoms with Crippen LogP contribution in [-0.4, -0.2) is 44.2 Å². The monoisotopic (exact) mass is 399 g/mol. The number of thiophene rings is 1. The lowest BCUT2D eigenvalue weighted by Crippen LogP contribution is -2.23. The minimum atomic E-state index is -0.0147. The standard InChI is InChI=1S/C18H17N5O2S2/c24-16(13-4-1-5-14(10-13)22-8-2-7-17(22)25)12-27-18-19-20-21-23(18)11-15-6-3-9-26-15/h1,3-6,9-10H,2,7-8,11-12H2. The van der Waals surface area contributed by atoms with Gasteiger partial charge in [0.15, 0.2) is 5.78 Å². The molecule has 0 N–H and O–H groups in total.